The smallest absolute Gasteiger partial charge is 0.335 e. The van der Waals surface area contributed by atoms with Crippen molar-refractivity contribution < 1.29 is 24.2 Å². The van der Waals surface area contributed by atoms with Crippen LogP contribution in [-0.4, -0.2) is 22.0 Å². The molecule has 2 aromatic carbocycles. The zero-order chi connectivity index (χ0) is 16.4. The molecule has 0 saturated heterocycles. The van der Waals surface area contributed by atoms with E-state index < -0.39 is 11.8 Å². The van der Waals surface area contributed by atoms with E-state index in [1.807, 2.05) is 24.3 Å². The summed E-state index contributed by atoms with van der Waals surface area (Å²) in [6.07, 6.45) is 2.72. The van der Waals surface area contributed by atoms with E-state index in [1.54, 1.807) is 6.07 Å². The lowest BCUT2D eigenvalue weighted by Gasteiger charge is -2.02. The highest BCUT2D eigenvalue weighted by Crippen LogP contribution is 2.22. The molecule has 114 valence electrons. The fraction of sp³-hybridized carbons (Fsp3) is 0. The van der Waals surface area contributed by atoms with Crippen molar-refractivity contribution in [3.05, 3.63) is 71.5 Å². The van der Waals surface area contributed by atoms with E-state index in [1.165, 1.54) is 24.3 Å². The minimum absolute atomic E-state index is 0.0664. The Morgan fingerprint density at radius 1 is 1.04 bits per heavy atom. The lowest BCUT2D eigenvalue weighted by molar-refractivity contribution is 0.0697. The molecule has 0 aliphatic carbocycles. The number of carbonyl (C=O) groups is 2. The minimum atomic E-state index is -1.17. The third-order valence-corrected chi connectivity index (χ3v) is 3.35. The van der Waals surface area contributed by atoms with Gasteiger partial charge in [-0.15, -0.1) is 0 Å². The van der Waals surface area contributed by atoms with Crippen molar-refractivity contribution in [3.63, 3.8) is 0 Å². The maximum atomic E-state index is 12.1. The van der Waals surface area contributed by atoms with Gasteiger partial charge < -0.3 is 14.6 Å². The molecule has 0 unspecified atom stereocenters. The summed E-state index contributed by atoms with van der Waals surface area (Å²) in [5, 5.41) is 19.6. The van der Waals surface area contributed by atoms with E-state index in [2.05, 4.69) is 0 Å². The molecule has 0 spiro atoms. The molecular formula is C18H12O5. The lowest BCUT2D eigenvalue weighted by Crippen LogP contribution is -2.01. The van der Waals surface area contributed by atoms with E-state index in [0.29, 0.717) is 11.3 Å². The second-order valence-corrected chi connectivity index (χ2v) is 4.92. The van der Waals surface area contributed by atoms with Crippen molar-refractivity contribution in [2.24, 2.45) is 0 Å². The van der Waals surface area contributed by atoms with Gasteiger partial charge in [0.25, 0.3) is 0 Å². The molecule has 23 heavy (non-hydrogen) atoms. The van der Waals surface area contributed by atoms with E-state index in [4.69, 9.17) is 9.52 Å². The van der Waals surface area contributed by atoms with Gasteiger partial charge in [0, 0.05) is 5.39 Å². The number of carbonyl (C=O) groups excluding carboxylic acids is 1. The SMILES string of the molecule is O=C(O)c1ccc(O)c(C(=O)/C=C/c2cc3ccccc3o2)c1. The first kappa shape index (κ1) is 14.6. The standard InChI is InChI=1S/C18H12O5/c19-15-7-5-12(18(21)22)10-14(15)16(20)8-6-13-9-11-3-1-2-4-17(11)23-13/h1-10,19H,(H,21,22)/b8-6+. The molecule has 0 aliphatic heterocycles. The first-order valence-corrected chi connectivity index (χ1v) is 6.82. The van der Waals surface area contributed by atoms with Gasteiger partial charge in [-0.1, -0.05) is 18.2 Å². The Morgan fingerprint density at radius 3 is 2.57 bits per heavy atom. The summed E-state index contributed by atoms with van der Waals surface area (Å²) in [6, 6.07) is 12.8. The molecule has 3 rings (SSSR count). The quantitative estimate of drug-likeness (QED) is 0.566. The summed E-state index contributed by atoms with van der Waals surface area (Å²) in [4.78, 5) is 23.1. The topological polar surface area (TPSA) is 87.7 Å². The average molecular weight is 308 g/mol. The zero-order valence-electron chi connectivity index (χ0n) is 11.9. The number of benzene rings is 2. The maximum absolute atomic E-state index is 12.1. The summed E-state index contributed by atoms with van der Waals surface area (Å²) >= 11 is 0. The number of aromatic carboxylic acids is 1. The van der Waals surface area contributed by atoms with Crippen LogP contribution in [0.5, 0.6) is 5.75 Å². The van der Waals surface area contributed by atoms with Crippen molar-refractivity contribution >= 4 is 28.8 Å². The van der Waals surface area contributed by atoms with Gasteiger partial charge in [0.1, 0.15) is 17.1 Å². The first-order chi connectivity index (χ1) is 11.0. The van der Waals surface area contributed by atoms with Gasteiger partial charge in [-0.3, -0.25) is 4.79 Å². The molecule has 0 amide bonds. The number of para-hydroxylation sites is 1. The number of fused-ring (bicyclic) bond motifs is 1. The Kier molecular flexibility index (Phi) is 3.68. The normalized spacial score (nSPS) is 11.1. The highest BCUT2D eigenvalue weighted by atomic mass is 16.4. The summed E-state index contributed by atoms with van der Waals surface area (Å²) < 4.78 is 5.55. The van der Waals surface area contributed by atoms with Crippen molar-refractivity contribution in [1.82, 2.24) is 0 Å². The number of phenolic OH excluding ortho intramolecular Hbond substituents is 1. The van der Waals surface area contributed by atoms with Crippen LogP contribution in [0.3, 0.4) is 0 Å². The third-order valence-electron chi connectivity index (χ3n) is 3.35. The van der Waals surface area contributed by atoms with Crippen LogP contribution < -0.4 is 0 Å². The number of furan rings is 1. The van der Waals surface area contributed by atoms with Crippen molar-refractivity contribution in [2.75, 3.05) is 0 Å². The van der Waals surface area contributed by atoms with Crippen LogP contribution in [-0.2, 0) is 0 Å². The van der Waals surface area contributed by atoms with Gasteiger partial charge in [-0.25, -0.2) is 4.79 Å². The van der Waals surface area contributed by atoms with Crippen LogP contribution in [0.2, 0.25) is 0 Å². The first-order valence-electron chi connectivity index (χ1n) is 6.82. The number of phenols is 1. The van der Waals surface area contributed by atoms with Gasteiger partial charge in [0.15, 0.2) is 5.78 Å². The fourth-order valence-electron chi connectivity index (χ4n) is 2.20. The number of aromatic hydroxyl groups is 1. The molecule has 0 aliphatic rings. The number of hydrogen-bond donors (Lipinski definition) is 2. The van der Waals surface area contributed by atoms with Gasteiger partial charge in [0.2, 0.25) is 0 Å². The number of ketones is 1. The van der Waals surface area contributed by atoms with Crippen LogP contribution in [0, 0.1) is 0 Å². The predicted octanol–water partition coefficient (Wildman–Crippen LogP) is 3.73. The van der Waals surface area contributed by atoms with E-state index >= 15 is 0 Å². The van der Waals surface area contributed by atoms with Gasteiger partial charge in [-0.05, 0) is 42.5 Å². The van der Waals surface area contributed by atoms with E-state index in [9.17, 15) is 14.7 Å². The number of carboxylic acid groups (broad SMARTS) is 1. The van der Waals surface area contributed by atoms with Gasteiger partial charge in [0.05, 0.1) is 11.1 Å². The highest BCUT2D eigenvalue weighted by Gasteiger charge is 2.12. The Bertz CT molecular complexity index is 900. The number of carboxylic acids is 1. The maximum Gasteiger partial charge on any atom is 0.335 e. The molecule has 5 nitrogen and oxygen atoms in total. The van der Waals surface area contributed by atoms with E-state index in [-0.39, 0.29) is 16.9 Å². The molecule has 2 N–H and O–H groups in total. The molecule has 1 aromatic heterocycles. The lowest BCUT2D eigenvalue weighted by atomic mass is 10.1. The van der Waals surface area contributed by atoms with Crippen LogP contribution in [0.1, 0.15) is 26.5 Å². The molecule has 0 bridgehead atoms. The van der Waals surface area contributed by atoms with Crippen molar-refractivity contribution in [3.8, 4) is 5.75 Å². The third kappa shape index (κ3) is 2.98. The molecule has 5 heteroatoms. The number of allylic oxidation sites excluding steroid dienone is 1. The largest absolute Gasteiger partial charge is 0.507 e. The molecule has 0 fully saturated rings. The molecular weight excluding hydrogens is 296 g/mol. The number of rotatable bonds is 4. The average Bonchev–Trinajstić information content (AvgIpc) is 2.95. The summed E-state index contributed by atoms with van der Waals surface area (Å²) in [7, 11) is 0. The summed E-state index contributed by atoms with van der Waals surface area (Å²) in [5.41, 5.74) is 0.566. The Morgan fingerprint density at radius 2 is 1.83 bits per heavy atom. The summed E-state index contributed by atoms with van der Waals surface area (Å²) in [6.45, 7) is 0. The van der Waals surface area contributed by atoms with Gasteiger partial charge >= 0.3 is 5.97 Å². The van der Waals surface area contributed by atoms with Crippen LogP contribution in [0.4, 0.5) is 0 Å². The Labute approximate surface area is 131 Å². The van der Waals surface area contributed by atoms with Crippen LogP contribution in [0.15, 0.2) is 59.0 Å². The predicted molar refractivity (Wildman–Crippen MR) is 84.6 cm³/mol. The Hall–Kier alpha value is -3.34. The second-order valence-electron chi connectivity index (χ2n) is 4.92. The second kappa shape index (κ2) is 5.81. The Balaban J connectivity index is 1.89. The van der Waals surface area contributed by atoms with Crippen molar-refractivity contribution in [2.45, 2.75) is 0 Å². The number of hydrogen-bond acceptors (Lipinski definition) is 4. The molecule has 3 aromatic rings. The molecule has 0 atom stereocenters. The van der Waals surface area contributed by atoms with Gasteiger partial charge in [-0.2, -0.15) is 0 Å². The van der Waals surface area contributed by atoms with Crippen LogP contribution in [0.25, 0.3) is 17.0 Å². The van der Waals surface area contributed by atoms with Crippen molar-refractivity contribution in [1.29, 1.82) is 0 Å². The highest BCUT2D eigenvalue weighted by molar-refractivity contribution is 6.09. The summed E-state index contributed by atoms with van der Waals surface area (Å²) in [5.74, 6) is -1.45. The van der Waals surface area contributed by atoms with Crippen LogP contribution >= 0.6 is 0 Å². The monoisotopic (exact) mass is 308 g/mol. The fourth-order valence-corrected chi connectivity index (χ4v) is 2.20. The minimum Gasteiger partial charge on any atom is -0.507 e. The zero-order valence-corrected chi connectivity index (χ0v) is 11.9. The molecule has 0 radical (unpaired) electrons. The molecule has 0 saturated carbocycles. The van der Waals surface area contributed by atoms with E-state index in [0.717, 1.165) is 11.5 Å². The molecule has 1 heterocycles.